The minimum atomic E-state index is -1.70. The lowest BCUT2D eigenvalue weighted by Crippen LogP contribution is -2.41. The van der Waals surface area contributed by atoms with Gasteiger partial charge in [0.15, 0.2) is 17.5 Å². The van der Waals surface area contributed by atoms with Gasteiger partial charge in [0, 0.05) is 5.46 Å². The summed E-state index contributed by atoms with van der Waals surface area (Å²) in [6.45, 7) is 6.98. The molecule has 3 nitrogen and oxygen atoms in total. The summed E-state index contributed by atoms with van der Waals surface area (Å²) in [7, 11) is -1.19. The number of rotatable bonds is 1. The Balaban J connectivity index is 2.51. The molecule has 1 fully saturated rings. The molecule has 0 N–H and O–H groups in total. The predicted octanol–water partition coefficient (Wildman–Crippen LogP) is 2.27. The number of nitriles is 1. The van der Waals surface area contributed by atoms with Gasteiger partial charge in [-0.2, -0.15) is 5.26 Å². The zero-order valence-corrected chi connectivity index (χ0v) is 11.6. The van der Waals surface area contributed by atoms with Crippen molar-refractivity contribution in [3.05, 3.63) is 29.1 Å². The summed E-state index contributed by atoms with van der Waals surface area (Å²) < 4.78 is 51.8. The molecular weight excluding hydrogens is 270 g/mol. The monoisotopic (exact) mass is 283 g/mol. The first-order valence-corrected chi connectivity index (χ1v) is 6.04. The molecule has 0 amide bonds. The van der Waals surface area contributed by atoms with Crippen molar-refractivity contribution in [2.24, 2.45) is 0 Å². The first-order chi connectivity index (χ1) is 9.10. The van der Waals surface area contributed by atoms with Crippen molar-refractivity contribution in [1.29, 1.82) is 5.26 Å². The third kappa shape index (κ3) is 2.09. The van der Waals surface area contributed by atoms with Gasteiger partial charge in [0.2, 0.25) is 0 Å². The predicted molar refractivity (Wildman–Crippen MR) is 66.7 cm³/mol. The van der Waals surface area contributed by atoms with Gasteiger partial charge in [-0.3, -0.25) is 0 Å². The highest BCUT2D eigenvalue weighted by Gasteiger charge is 2.52. The average Bonchev–Trinajstić information content (AvgIpc) is 2.56. The number of hydrogen-bond donors (Lipinski definition) is 0. The molecule has 106 valence electrons. The molecular formula is C13H13BF3NO2. The highest BCUT2D eigenvalue weighted by molar-refractivity contribution is 6.62. The molecule has 0 unspecified atom stereocenters. The van der Waals surface area contributed by atoms with E-state index in [1.807, 2.05) is 0 Å². The van der Waals surface area contributed by atoms with Crippen LogP contribution in [0.5, 0.6) is 0 Å². The summed E-state index contributed by atoms with van der Waals surface area (Å²) in [5.74, 6) is -4.61. The van der Waals surface area contributed by atoms with E-state index in [9.17, 15) is 13.2 Å². The van der Waals surface area contributed by atoms with Gasteiger partial charge in [-0.15, -0.1) is 0 Å². The van der Waals surface area contributed by atoms with Crippen molar-refractivity contribution < 1.29 is 22.5 Å². The third-order valence-corrected chi connectivity index (χ3v) is 3.80. The Morgan fingerprint density at radius 2 is 1.50 bits per heavy atom. The zero-order chi connectivity index (χ0) is 15.3. The summed E-state index contributed by atoms with van der Waals surface area (Å²) in [5, 5.41) is 8.75. The van der Waals surface area contributed by atoms with Gasteiger partial charge in [-0.1, -0.05) is 0 Å². The molecule has 1 saturated heterocycles. The maximum Gasteiger partial charge on any atom is 0.498 e. The second kappa shape index (κ2) is 4.50. The van der Waals surface area contributed by atoms with Crippen LogP contribution < -0.4 is 5.46 Å². The molecule has 1 aromatic rings. The van der Waals surface area contributed by atoms with Crippen molar-refractivity contribution in [2.45, 2.75) is 38.9 Å². The SMILES string of the molecule is CC1(C)OB(c2cc(C#N)c(F)c(F)c2F)OC1(C)C. The maximum absolute atomic E-state index is 13.8. The minimum absolute atomic E-state index is 0.320. The third-order valence-electron chi connectivity index (χ3n) is 3.80. The van der Waals surface area contributed by atoms with Crippen LogP contribution in [0.3, 0.4) is 0 Å². The fourth-order valence-corrected chi connectivity index (χ4v) is 1.85. The molecule has 0 radical (unpaired) electrons. The Bertz CT molecular complexity index is 595. The lowest BCUT2D eigenvalue weighted by atomic mass is 9.77. The number of benzene rings is 1. The Morgan fingerprint density at radius 3 is 1.95 bits per heavy atom. The highest BCUT2D eigenvalue weighted by atomic mass is 19.2. The molecule has 1 aliphatic heterocycles. The van der Waals surface area contributed by atoms with Crippen molar-refractivity contribution in [1.82, 2.24) is 0 Å². The van der Waals surface area contributed by atoms with Crippen LogP contribution in [0.1, 0.15) is 33.3 Å². The highest BCUT2D eigenvalue weighted by Crippen LogP contribution is 2.36. The van der Waals surface area contributed by atoms with Gasteiger partial charge in [-0.05, 0) is 33.8 Å². The van der Waals surface area contributed by atoms with Crippen molar-refractivity contribution in [2.75, 3.05) is 0 Å². The van der Waals surface area contributed by atoms with Crippen LogP contribution in [0.4, 0.5) is 13.2 Å². The summed E-state index contributed by atoms with van der Waals surface area (Å²) in [6.07, 6.45) is 0. The van der Waals surface area contributed by atoms with E-state index in [0.29, 0.717) is 0 Å². The van der Waals surface area contributed by atoms with E-state index < -0.39 is 41.3 Å². The van der Waals surface area contributed by atoms with Crippen LogP contribution in [0.25, 0.3) is 0 Å². The summed E-state index contributed by atoms with van der Waals surface area (Å²) in [5.41, 5.74) is -2.41. The summed E-state index contributed by atoms with van der Waals surface area (Å²) in [4.78, 5) is 0. The van der Waals surface area contributed by atoms with Gasteiger partial charge >= 0.3 is 7.12 Å². The Kier molecular flexibility index (Phi) is 3.35. The van der Waals surface area contributed by atoms with Gasteiger partial charge in [0.05, 0.1) is 16.8 Å². The normalized spacial score (nSPS) is 20.0. The van der Waals surface area contributed by atoms with Gasteiger partial charge in [0.1, 0.15) is 6.07 Å². The van der Waals surface area contributed by atoms with Gasteiger partial charge in [-0.25, -0.2) is 13.2 Å². The molecule has 0 spiro atoms. The van der Waals surface area contributed by atoms with E-state index in [1.54, 1.807) is 27.7 Å². The molecule has 0 bridgehead atoms. The maximum atomic E-state index is 13.8. The largest absolute Gasteiger partial charge is 0.498 e. The lowest BCUT2D eigenvalue weighted by molar-refractivity contribution is 0.00578. The fourth-order valence-electron chi connectivity index (χ4n) is 1.85. The standard InChI is InChI=1S/C13H13BF3NO2/c1-12(2)13(3,4)20-14(19-12)8-5-7(6-18)9(15)11(17)10(8)16/h5H,1-4H3. The van der Waals surface area contributed by atoms with Crippen LogP contribution in [0, 0.1) is 28.8 Å². The van der Waals surface area contributed by atoms with E-state index in [2.05, 4.69) is 0 Å². The number of hydrogen-bond acceptors (Lipinski definition) is 3. The minimum Gasteiger partial charge on any atom is -0.399 e. The second-order valence-corrected chi connectivity index (χ2v) is 5.66. The van der Waals surface area contributed by atoms with Gasteiger partial charge in [0.25, 0.3) is 0 Å². The van der Waals surface area contributed by atoms with Crippen LogP contribution in [-0.2, 0) is 9.31 Å². The molecule has 1 aromatic carbocycles. The molecule has 0 saturated carbocycles. The molecule has 2 rings (SSSR count). The number of nitrogens with zero attached hydrogens (tertiary/aromatic N) is 1. The lowest BCUT2D eigenvalue weighted by Gasteiger charge is -2.32. The second-order valence-electron chi connectivity index (χ2n) is 5.66. The first-order valence-electron chi connectivity index (χ1n) is 6.04. The zero-order valence-electron chi connectivity index (χ0n) is 11.6. The average molecular weight is 283 g/mol. The van der Waals surface area contributed by atoms with E-state index in [4.69, 9.17) is 14.6 Å². The Morgan fingerprint density at radius 1 is 1.00 bits per heavy atom. The van der Waals surface area contributed by atoms with Crippen LogP contribution in [0.15, 0.2) is 6.07 Å². The number of halogens is 3. The summed E-state index contributed by atoms with van der Waals surface area (Å²) >= 11 is 0. The van der Waals surface area contributed by atoms with E-state index in [0.717, 1.165) is 6.07 Å². The topological polar surface area (TPSA) is 42.2 Å². The van der Waals surface area contributed by atoms with Gasteiger partial charge < -0.3 is 9.31 Å². The van der Waals surface area contributed by atoms with E-state index in [-0.39, 0.29) is 5.46 Å². The van der Waals surface area contributed by atoms with Crippen LogP contribution in [0.2, 0.25) is 0 Å². The summed E-state index contributed by atoms with van der Waals surface area (Å²) in [6, 6.07) is 2.39. The van der Waals surface area contributed by atoms with Crippen LogP contribution in [-0.4, -0.2) is 18.3 Å². The van der Waals surface area contributed by atoms with E-state index in [1.165, 1.54) is 6.07 Å². The smallest absolute Gasteiger partial charge is 0.399 e. The van der Waals surface area contributed by atoms with Crippen LogP contribution >= 0.6 is 0 Å². The molecule has 20 heavy (non-hydrogen) atoms. The Hall–Kier alpha value is -1.52. The molecule has 1 heterocycles. The van der Waals surface area contributed by atoms with Crippen molar-refractivity contribution in [3.8, 4) is 6.07 Å². The molecule has 7 heteroatoms. The van der Waals surface area contributed by atoms with Crippen molar-refractivity contribution >= 4 is 12.6 Å². The molecule has 1 aliphatic rings. The van der Waals surface area contributed by atoms with E-state index >= 15 is 0 Å². The fraction of sp³-hybridized carbons (Fsp3) is 0.462. The molecule has 0 aliphatic carbocycles. The molecule has 0 atom stereocenters. The first kappa shape index (κ1) is 14.9. The quantitative estimate of drug-likeness (QED) is 0.586. The Labute approximate surface area is 115 Å². The van der Waals surface area contributed by atoms with Crippen molar-refractivity contribution in [3.63, 3.8) is 0 Å². The molecule has 0 aromatic heterocycles.